The standard InChI is InChI=1S/C13H11F4NO3/c14-9-5-7(4-8(6-9)13(15,16)17)11(19)18-3-1-2-10(18)12(20)21/h4-6,10H,1-3H2,(H,20,21)/t10-/m0/s1. The van der Waals surface area contributed by atoms with Gasteiger partial charge in [0.05, 0.1) is 5.56 Å². The van der Waals surface area contributed by atoms with Crippen LogP contribution in [-0.4, -0.2) is 34.5 Å². The predicted octanol–water partition coefficient (Wildman–Crippen LogP) is 2.53. The first kappa shape index (κ1) is 15.3. The molecular weight excluding hydrogens is 294 g/mol. The number of nitrogens with zero attached hydrogens (tertiary/aromatic N) is 1. The Hall–Kier alpha value is -2.12. The minimum atomic E-state index is -4.78. The lowest BCUT2D eigenvalue weighted by atomic mass is 10.1. The molecule has 1 aliphatic heterocycles. The Kier molecular flexibility index (Phi) is 3.89. The molecule has 0 aliphatic carbocycles. The summed E-state index contributed by atoms with van der Waals surface area (Å²) in [5.74, 6) is -3.34. The fourth-order valence-corrected chi connectivity index (χ4v) is 2.31. The van der Waals surface area contributed by atoms with Crippen molar-refractivity contribution in [1.29, 1.82) is 0 Å². The van der Waals surface area contributed by atoms with Crippen LogP contribution in [0.15, 0.2) is 18.2 Å². The Morgan fingerprint density at radius 1 is 1.24 bits per heavy atom. The molecule has 1 heterocycles. The molecular formula is C13H11F4NO3. The van der Waals surface area contributed by atoms with Gasteiger partial charge in [0.25, 0.3) is 5.91 Å². The lowest BCUT2D eigenvalue weighted by Crippen LogP contribution is -2.40. The van der Waals surface area contributed by atoms with E-state index in [1.54, 1.807) is 0 Å². The van der Waals surface area contributed by atoms with Gasteiger partial charge in [0.1, 0.15) is 11.9 Å². The van der Waals surface area contributed by atoms with Gasteiger partial charge in [-0.1, -0.05) is 0 Å². The molecule has 114 valence electrons. The van der Waals surface area contributed by atoms with Gasteiger partial charge in [-0.15, -0.1) is 0 Å². The highest BCUT2D eigenvalue weighted by Gasteiger charge is 2.36. The van der Waals surface area contributed by atoms with E-state index < -0.39 is 41.0 Å². The number of aliphatic carboxylic acids is 1. The topological polar surface area (TPSA) is 57.6 Å². The molecule has 4 nitrogen and oxygen atoms in total. The predicted molar refractivity (Wildman–Crippen MR) is 63.1 cm³/mol. The normalized spacial score (nSPS) is 18.9. The molecule has 0 bridgehead atoms. The van der Waals surface area contributed by atoms with E-state index in [4.69, 9.17) is 5.11 Å². The second kappa shape index (κ2) is 5.34. The van der Waals surface area contributed by atoms with Crippen molar-refractivity contribution in [3.05, 3.63) is 35.1 Å². The summed E-state index contributed by atoms with van der Waals surface area (Å²) in [7, 11) is 0. The quantitative estimate of drug-likeness (QED) is 0.854. The summed E-state index contributed by atoms with van der Waals surface area (Å²) in [5.41, 5.74) is -1.78. The molecule has 1 aromatic carbocycles. The third-order valence-corrected chi connectivity index (χ3v) is 3.27. The summed E-state index contributed by atoms with van der Waals surface area (Å²) >= 11 is 0. The number of carboxylic acids is 1. The number of alkyl halides is 3. The van der Waals surface area contributed by atoms with Gasteiger partial charge in [0.2, 0.25) is 0 Å². The molecule has 1 saturated heterocycles. The summed E-state index contributed by atoms with van der Waals surface area (Å²) in [6, 6.07) is 0.405. The van der Waals surface area contributed by atoms with E-state index in [0.717, 1.165) is 4.90 Å². The third-order valence-electron chi connectivity index (χ3n) is 3.27. The molecule has 0 saturated carbocycles. The minimum Gasteiger partial charge on any atom is -0.480 e. The van der Waals surface area contributed by atoms with Crippen molar-refractivity contribution in [3.8, 4) is 0 Å². The van der Waals surface area contributed by atoms with Crippen LogP contribution in [0.3, 0.4) is 0 Å². The van der Waals surface area contributed by atoms with Crippen LogP contribution in [0.4, 0.5) is 17.6 Å². The molecule has 1 atom stereocenters. The molecule has 1 amide bonds. The number of carboxylic acid groups (broad SMARTS) is 1. The highest BCUT2D eigenvalue weighted by molar-refractivity contribution is 5.97. The largest absolute Gasteiger partial charge is 0.480 e. The van der Waals surface area contributed by atoms with E-state index in [9.17, 15) is 27.2 Å². The second-order valence-electron chi connectivity index (χ2n) is 4.72. The van der Waals surface area contributed by atoms with Crippen LogP contribution >= 0.6 is 0 Å². The highest BCUT2D eigenvalue weighted by atomic mass is 19.4. The monoisotopic (exact) mass is 305 g/mol. The number of carbonyl (C=O) groups is 2. The molecule has 1 fully saturated rings. The number of hydrogen-bond acceptors (Lipinski definition) is 2. The van der Waals surface area contributed by atoms with Crippen molar-refractivity contribution < 1.29 is 32.3 Å². The van der Waals surface area contributed by atoms with Crippen LogP contribution in [0.5, 0.6) is 0 Å². The number of carbonyl (C=O) groups excluding carboxylic acids is 1. The molecule has 2 rings (SSSR count). The summed E-state index contributed by atoms with van der Waals surface area (Å²) in [4.78, 5) is 24.1. The SMILES string of the molecule is O=C(O)[C@@H]1CCCN1C(=O)c1cc(F)cc(C(F)(F)F)c1. The van der Waals surface area contributed by atoms with Gasteiger partial charge in [-0.05, 0) is 31.0 Å². The first-order chi connectivity index (χ1) is 9.70. The van der Waals surface area contributed by atoms with E-state index in [1.807, 2.05) is 0 Å². The van der Waals surface area contributed by atoms with E-state index in [2.05, 4.69) is 0 Å². The van der Waals surface area contributed by atoms with Crippen LogP contribution in [0.1, 0.15) is 28.8 Å². The fraction of sp³-hybridized carbons (Fsp3) is 0.385. The van der Waals surface area contributed by atoms with E-state index >= 15 is 0 Å². The summed E-state index contributed by atoms with van der Waals surface area (Å²) in [6.45, 7) is 0.119. The Morgan fingerprint density at radius 2 is 1.90 bits per heavy atom. The maximum absolute atomic E-state index is 13.3. The average molecular weight is 305 g/mol. The number of halogens is 4. The van der Waals surface area contributed by atoms with Crippen molar-refractivity contribution in [3.63, 3.8) is 0 Å². The van der Waals surface area contributed by atoms with Gasteiger partial charge in [-0.25, -0.2) is 9.18 Å². The van der Waals surface area contributed by atoms with Crippen LogP contribution in [0, 0.1) is 5.82 Å². The summed E-state index contributed by atoms with van der Waals surface area (Å²) in [5, 5.41) is 8.97. The Morgan fingerprint density at radius 3 is 2.48 bits per heavy atom. The number of amides is 1. The lowest BCUT2D eigenvalue weighted by Gasteiger charge is -2.22. The first-order valence-electron chi connectivity index (χ1n) is 6.11. The summed E-state index contributed by atoms with van der Waals surface area (Å²) < 4.78 is 51.1. The molecule has 0 spiro atoms. The van der Waals surface area contributed by atoms with Crippen molar-refractivity contribution in [2.24, 2.45) is 0 Å². The zero-order valence-corrected chi connectivity index (χ0v) is 10.7. The van der Waals surface area contributed by atoms with Gasteiger partial charge >= 0.3 is 12.1 Å². The zero-order valence-electron chi connectivity index (χ0n) is 10.7. The van der Waals surface area contributed by atoms with Gasteiger partial charge in [0.15, 0.2) is 0 Å². The average Bonchev–Trinajstić information content (AvgIpc) is 2.85. The number of benzene rings is 1. The van der Waals surface area contributed by atoms with Crippen LogP contribution in [0.25, 0.3) is 0 Å². The Balaban J connectivity index is 2.35. The molecule has 1 aliphatic rings. The van der Waals surface area contributed by atoms with E-state index in [1.165, 1.54) is 0 Å². The van der Waals surface area contributed by atoms with Crippen molar-refractivity contribution in [1.82, 2.24) is 4.90 Å². The molecule has 0 radical (unpaired) electrons. The highest BCUT2D eigenvalue weighted by Crippen LogP contribution is 2.31. The smallest absolute Gasteiger partial charge is 0.416 e. The van der Waals surface area contributed by atoms with Crippen molar-refractivity contribution in [2.45, 2.75) is 25.1 Å². The van der Waals surface area contributed by atoms with Crippen LogP contribution < -0.4 is 0 Å². The van der Waals surface area contributed by atoms with E-state index in [0.29, 0.717) is 18.6 Å². The molecule has 0 unspecified atom stereocenters. The molecule has 0 aromatic heterocycles. The minimum absolute atomic E-state index is 0.119. The zero-order chi connectivity index (χ0) is 15.8. The molecule has 8 heteroatoms. The number of rotatable bonds is 2. The lowest BCUT2D eigenvalue weighted by molar-refractivity contribution is -0.141. The fourth-order valence-electron chi connectivity index (χ4n) is 2.31. The van der Waals surface area contributed by atoms with Gasteiger partial charge in [0, 0.05) is 12.1 Å². The van der Waals surface area contributed by atoms with E-state index in [-0.39, 0.29) is 19.0 Å². The van der Waals surface area contributed by atoms with Gasteiger partial charge in [-0.2, -0.15) is 13.2 Å². The van der Waals surface area contributed by atoms with Crippen molar-refractivity contribution >= 4 is 11.9 Å². The molecule has 1 N–H and O–H groups in total. The maximum atomic E-state index is 13.3. The molecule has 21 heavy (non-hydrogen) atoms. The maximum Gasteiger partial charge on any atom is 0.416 e. The summed E-state index contributed by atoms with van der Waals surface area (Å²) in [6.07, 6.45) is -4.12. The van der Waals surface area contributed by atoms with Crippen LogP contribution in [-0.2, 0) is 11.0 Å². The van der Waals surface area contributed by atoms with Gasteiger partial charge < -0.3 is 10.0 Å². The Labute approximate surface area is 117 Å². The first-order valence-corrected chi connectivity index (χ1v) is 6.11. The van der Waals surface area contributed by atoms with Crippen LogP contribution in [0.2, 0.25) is 0 Å². The van der Waals surface area contributed by atoms with Crippen molar-refractivity contribution in [2.75, 3.05) is 6.54 Å². The molecule has 1 aromatic rings. The Bertz CT molecular complexity index is 585. The van der Waals surface area contributed by atoms with Gasteiger partial charge in [-0.3, -0.25) is 4.79 Å². The number of hydrogen-bond donors (Lipinski definition) is 1. The third kappa shape index (κ3) is 3.14. The number of likely N-dealkylation sites (tertiary alicyclic amines) is 1. The second-order valence-corrected chi connectivity index (χ2v) is 4.72.